The van der Waals surface area contributed by atoms with Crippen molar-refractivity contribution >= 4 is 17.4 Å². The van der Waals surface area contributed by atoms with Crippen molar-refractivity contribution in [2.24, 2.45) is 0 Å². The second kappa shape index (κ2) is 4.18. The van der Waals surface area contributed by atoms with E-state index >= 15 is 0 Å². The molecule has 0 aliphatic heterocycles. The molecule has 0 fully saturated rings. The van der Waals surface area contributed by atoms with Gasteiger partial charge in [-0.05, 0) is 18.6 Å². The fraction of sp³-hybridized carbons (Fsp3) is 0.182. The molecule has 2 rings (SSSR count). The fourth-order valence-electron chi connectivity index (χ4n) is 1.73. The molecule has 0 saturated heterocycles. The summed E-state index contributed by atoms with van der Waals surface area (Å²) in [5.41, 5.74) is 7.75. The third-order valence-corrected chi connectivity index (χ3v) is 2.83. The molecule has 0 saturated carbocycles. The Kier molecular flexibility index (Phi) is 2.85. The van der Waals surface area contributed by atoms with Gasteiger partial charge in [-0.1, -0.05) is 11.6 Å². The minimum absolute atomic E-state index is 0.00578. The van der Waals surface area contributed by atoms with Crippen molar-refractivity contribution in [1.29, 1.82) is 0 Å². The standard InChI is InChI=1S/C11H12ClN3O2/c1-5-3-7(16)11(17-2)10(12)9(5)6-4-8(13)15-14-6/h3-4,16H,1-2H3,(H3,13,14,15). The van der Waals surface area contributed by atoms with E-state index in [4.69, 9.17) is 22.1 Å². The predicted molar refractivity (Wildman–Crippen MR) is 66.4 cm³/mol. The number of aromatic hydroxyl groups is 1. The summed E-state index contributed by atoms with van der Waals surface area (Å²) in [4.78, 5) is 0. The first-order valence-corrected chi connectivity index (χ1v) is 5.29. The summed E-state index contributed by atoms with van der Waals surface area (Å²) in [6, 6.07) is 3.25. The Morgan fingerprint density at radius 3 is 2.71 bits per heavy atom. The van der Waals surface area contributed by atoms with Crippen LogP contribution in [0, 0.1) is 6.92 Å². The summed E-state index contributed by atoms with van der Waals surface area (Å²) in [6.45, 7) is 1.83. The molecule has 1 heterocycles. The number of ether oxygens (including phenoxy) is 1. The van der Waals surface area contributed by atoms with Crippen molar-refractivity contribution < 1.29 is 9.84 Å². The first-order valence-electron chi connectivity index (χ1n) is 4.92. The maximum absolute atomic E-state index is 9.69. The van der Waals surface area contributed by atoms with Crippen LogP contribution in [0.25, 0.3) is 11.3 Å². The average molecular weight is 254 g/mol. The number of anilines is 1. The van der Waals surface area contributed by atoms with E-state index in [1.807, 2.05) is 6.92 Å². The number of hydrogen-bond acceptors (Lipinski definition) is 4. The minimum Gasteiger partial charge on any atom is -0.504 e. The number of rotatable bonds is 2. The lowest BCUT2D eigenvalue weighted by atomic mass is 10.0. The molecule has 4 N–H and O–H groups in total. The SMILES string of the molecule is COc1c(O)cc(C)c(-c2cc(N)n[nH]2)c1Cl. The normalized spacial score (nSPS) is 10.5. The van der Waals surface area contributed by atoms with Gasteiger partial charge in [0, 0.05) is 11.6 Å². The summed E-state index contributed by atoms with van der Waals surface area (Å²) < 4.78 is 5.05. The van der Waals surface area contributed by atoms with E-state index in [0.29, 0.717) is 22.1 Å². The number of nitrogens with two attached hydrogens (primary N) is 1. The molecule has 1 aromatic carbocycles. The van der Waals surface area contributed by atoms with Crippen molar-refractivity contribution in [3.05, 3.63) is 22.7 Å². The quantitative estimate of drug-likeness (QED) is 0.767. The molecule has 0 aliphatic rings. The van der Waals surface area contributed by atoms with Crippen LogP contribution in [0.15, 0.2) is 12.1 Å². The number of halogens is 1. The molecule has 0 unspecified atom stereocenters. The van der Waals surface area contributed by atoms with E-state index in [9.17, 15) is 5.11 Å². The minimum atomic E-state index is 0.00578. The van der Waals surface area contributed by atoms with Gasteiger partial charge in [0.15, 0.2) is 11.5 Å². The van der Waals surface area contributed by atoms with Crippen LogP contribution in [-0.2, 0) is 0 Å². The predicted octanol–water partition coefficient (Wildman–Crippen LogP) is 2.33. The van der Waals surface area contributed by atoms with Gasteiger partial charge < -0.3 is 15.6 Å². The van der Waals surface area contributed by atoms with E-state index < -0.39 is 0 Å². The number of nitrogens with zero attached hydrogens (tertiary/aromatic N) is 1. The number of H-pyrrole nitrogens is 1. The molecule has 0 bridgehead atoms. The average Bonchev–Trinajstić information content (AvgIpc) is 2.64. The molecular weight excluding hydrogens is 242 g/mol. The molecule has 1 aromatic heterocycles. The zero-order valence-electron chi connectivity index (χ0n) is 9.41. The zero-order chi connectivity index (χ0) is 12.6. The number of phenolic OH excluding ortho intramolecular Hbond substituents is 1. The van der Waals surface area contributed by atoms with Gasteiger partial charge in [0.2, 0.25) is 0 Å². The summed E-state index contributed by atoms with van der Waals surface area (Å²) in [5.74, 6) is 0.620. The van der Waals surface area contributed by atoms with Crippen LogP contribution in [-0.4, -0.2) is 22.4 Å². The lowest BCUT2D eigenvalue weighted by molar-refractivity contribution is 0.373. The Morgan fingerprint density at radius 2 is 2.18 bits per heavy atom. The van der Waals surface area contributed by atoms with Crippen LogP contribution in [0.1, 0.15) is 5.56 Å². The molecule has 17 heavy (non-hydrogen) atoms. The van der Waals surface area contributed by atoms with Gasteiger partial charge in [0.25, 0.3) is 0 Å². The third kappa shape index (κ3) is 1.89. The monoisotopic (exact) mass is 253 g/mol. The van der Waals surface area contributed by atoms with Crippen molar-refractivity contribution in [2.45, 2.75) is 6.92 Å². The third-order valence-electron chi connectivity index (χ3n) is 2.47. The molecule has 0 amide bonds. The van der Waals surface area contributed by atoms with Crippen molar-refractivity contribution in [1.82, 2.24) is 10.2 Å². The number of aromatic nitrogens is 2. The Bertz CT molecular complexity index is 566. The van der Waals surface area contributed by atoms with Crippen LogP contribution in [0.4, 0.5) is 5.82 Å². The van der Waals surface area contributed by atoms with Gasteiger partial charge >= 0.3 is 0 Å². The second-order valence-electron chi connectivity index (χ2n) is 3.64. The molecular formula is C11H12ClN3O2. The molecule has 6 heteroatoms. The van der Waals surface area contributed by atoms with Crippen LogP contribution in [0.5, 0.6) is 11.5 Å². The molecule has 5 nitrogen and oxygen atoms in total. The van der Waals surface area contributed by atoms with Crippen LogP contribution >= 0.6 is 11.6 Å². The summed E-state index contributed by atoms with van der Waals surface area (Å²) in [7, 11) is 1.45. The second-order valence-corrected chi connectivity index (χ2v) is 4.02. The maximum atomic E-state index is 9.69. The number of phenols is 1. The van der Waals surface area contributed by atoms with Crippen molar-refractivity contribution in [3.63, 3.8) is 0 Å². The van der Waals surface area contributed by atoms with Gasteiger partial charge in [-0.25, -0.2) is 0 Å². The summed E-state index contributed by atoms with van der Waals surface area (Å²) >= 11 is 6.19. The van der Waals surface area contributed by atoms with Gasteiger partial charge in [0.1, 0.15) is 5.82 Å². The lowest BCUT2D eigenvalue weighted by Crippen LogP contribution is -1.91. The topological polar surface area (TPSA) is 84.2 Å². The zero-order valence-corrected chi connectivity index (χ0v) is 10.2. The van der Waals surface area contributed by atoms with Gasteiger partial charge in [-0.2, -0.15) is 5.10 Å². The largest absolute Gasteiger partial charge is 0.504 e. The first-order chi connectivity index (χ1) is 8.04. The number of methoxy groups -OCH3 is 1. The van der Waals surface area contributed by atoms with Gasteiger partial charge in [-0.3, -0.25) is 5.10 Å². The number of aromatic amines is 1. The molecule has 90 valence electrons. The first kappa shape index (κ1) is 11.6. The van der Waals surface area contributed by atoms with Crippen LogP contribution < -0.4 is 10.5 Å². The van der Waals surface area contributed by atoms with E-state index in [2.05, 4.69) is 10.2 Å². The highest BCUT2D eigenvalue weighted by molar-refractivity contribution is 6.35. The van der Waals surface area contributed by atoms with Crippen LogP contribution in [0.2, 0.25) is 5.02 Å². The van der Waals surface area contributed by atoms with Crippen LogP contribution in [0.3, 0.4) is 0 Å². The van der Waals surface area contributed by atoms with E-state index in [-0.39, 0.29) is 11.5 Å². The number of nitrogens with one attached hydrogen (secondary N) is 1. The van der Waals surface area contributed by atoms with Gasteiger partial charge in [-0.15, -0.1) is 0 Å². The molecule has 0 spiro atoms. The Hall–Kier alpha value is -1.88. The highest BCUT2D eigenvalue weighted by atomic mass is 35.5. The number of hydrogen-bond donors (Lipinski definition) is 3. The highest BCUT2D eigenvalue weighted by Crippen LogP contribution is 2.43. The van der Waals surface area contributed by atoms with Gasteiger partial charge in [0.05, 0.1) is 17.8 Å². The van der Waals surface area contributed by atoms with E-state index in [1.54, 1.807) is 12.1 Å². The number of nitrogen functional groups attached to an aromatic ring is 1. The lowest BCUT2D eigenvalue weighted by Gasteiger charge is -2.12. The fourth-order valence-corrected chi connectivity index (χ4v) is 2.16. The van der Waals surface area contributed by atoms with E-state index in [1.165, 1.54) is 7.11 Å². The van der Waals surface area contributed by atoms with E-state index in [0.717, 1.165) is 5.56 Å². The summed E-state index contributed by atoms with van der Waals surface area (Å²) in [6.07, 6.45) is 0. The summed E-state index contributed by atoms with van der Waals surface area (Å²) in [5, 5.41) is 16.6. The maximum Gasteiger partial charge on any atom is 0.179 e. The number of benzene rings is 1. The van der Waals surface area contributed by atoms with Crippen molar-refractivity contribution in [2.75, 3.05) is 12.8 Å². The molecule has 2 aromatic rings. The smallest absolute Gasteiger partial charge is 0.179 e. The molecule has 0 aliphatic carbocycles. The Labute approximate surface area is 103 Å². The Balaban J connectivity index is 2.69. The van der Waals surface area contributed by atoms with Crippen molar-refractivity contribution in [3.8, 4) is 22.8 Å². The highest BCUT2D eigenvalue weighted by Gasteiger charge is 2.17. The number of aryl methyl sites for hydroxylation is 1. The molecule has 0 radical (unpaired) electrons. The Morgan fingerprint density at radius 1 is 1.47 bits per heavy atom. The molecule has 0 atom stereocenters.